The van der Waals surface area contributed by atoms with Crippen molar-refractivity contribution in [3.8, 4) is 17.2 Å². The number of carboxylic acid groups (broad SMARTS) is 1. The van der Waals surface area contributed by atoms with Crippen molar-refractivity contribution in [3.63, 3.8) is 0 Å². The number of ether oxygens (including phenoxy) is 4. The van der Waals surface area contributed by atoms with Gasteiger partial charge in [0.25, 0.3) is 0 Å². The van der Waals surface area contributed by atoms with Gasteiger partial charge in [0.15, 0.2) is 0 Å². The average Bonchev–Trinajstić information content (AvgIpc) is 3.02. The first kappa shape index (κ1) is 29.2. The second-order valence-corrected chi connectivity index (χ2v) is 10.0. The Balaban J connectivity index is 1.35. The van der Waals surface area contributed by atoms with Crippen LogP contribution in [0.3, 0.4) is 0 Å². The van der Waals surface area contributed by atoms with Crippen molar-refractivity contribution >= 4 is 16.9 Å². The third kappa shape index (κ3) is 7.30. The predicted octanol–water partition coefficient (Wildman–Crippen LogP) is 5.78. The van der Waals surface area contributed by atoms with Gasteiger partial charge in [0.05, 0.1) is 33.0 Å². The number of aliphatic hydroxyl groups is 1. The molecule has 1 aliphatic rings. The van der Waals surface area contributed by atoms with Crippen molar-refractivity contribution in [2.75, 3.05) is 33.4 Å². The van der Waals surface area contributed by atoms with Crippen LogP contribution in [0.5, 0.6) is 17.2 Å². The second-order valence-electron chi connectivity index (χ2n) is 10.0. The van der Waals surface area contributed by atoms with E-state index < -0.39 is 6.16 Å². The number of hydrogen-bond donors (Lipinski definition) is 2. The summed E-state index contributed by atoms with van der Waals surface area (Å²) < 4.78 is 23.8. The van der Waals surface area contributed by atoms with Gasteiger partial charge in [-0.15, -0.1) is 5.06 Å². The largest absolute Gasteiger partial charge is 0.525 e. The smallest absolute Gasteiger partial charge is 0.496 e. The molecule has 0 spiro atoms. The molecule has 9 heteroatoms. The monoisotopic (exact) mass is 573 g/mol. The molecular weight excluding hydrogens is 538 g/mol. The van der Waals surface area contributed by atoms with Gasteiger partial charge in [-0.25, -0.2) is 4.79 Å². The van der Waals surface area contributed by atoms with E-state index in [1.807, 2.05) is 78.9 Å². The summed E-state index contributed by atoms with van der Waals surface area (Å²) in [6.07, 6.45) is -1.02. The van der Waals surface area contributed by atoms with E-state index in [9.17, 15) is 9.90 Å². The lowest BCUT2D eigenvalue weighted by Gasteiger charge is -2.37. The Labute approximate surface area is 244 Å². The minimum Gasteiger partial charge on any atom is -0.496 e. The lowest BCUT2D eigenvalue weighted by Crippen LogP contribution is -2.44. The van der Waals surface area contributed by atoms with E-state index in [2.05, 4.69) is 6.07 Å². The van der Waals surface area contributed by atoms with E-state index >= 15 is 0 Å². The standard InChI is InChI=1S/C33H35NO8/c1-38-30-9-5-3-7-26(30)22-41-31-19-23(18-25-6-2-4-8-28(25)31)21-40-32-20-34(42-33(36)37)15-14-29(32)24-10-12-27(13-11-24)39-17-16-35/h2-13,18-19,29,32,35H,14-17,20-22H2,1H3,(H,36,37). The summed E-state index contributed by atoms with van der Waals surface area (Å²) in [5.41, 5.74) is 2.94. The number of rotatable bonds is 12. The van der Waals surface area contributed by atoms with Gasteiger partial charge in [-0.05, 0) is 53.3 Å². The maximum atomic E-state index is 11.2. The Morgan fingerprint density at radius 2 is 1.71 bits per heavy atom. The molecule has 1 heterocycles. The van der Waals surface area contributed by atoms with Crippen LogP contribution in [0.2, 0.25) is 0 Å². The van der Waals surface area contributed by atoms with Gasteiger partial charge in [-0.3, -0.25) is 0 Å². The molecule has 2 unspecified atom stereocenters. The van der Waals surface area contributed by atoms with E-state index in [1.165, 1.54) is 5.06 Å². The van der Waals surface area contributed by atoms with Crippen LogP contribution in [-0.4, -0.2) is 60.9 Å². The van der Waals surface area contributed by atoms with Crippen molar-refractivity contribution in [1.29, 1.82) is 0 Å². The summed E-state index contributed by atoms with van der Waals surface area (Å²) in [6, 6.07) is 27.6. The molecule has 2 atom stereocenters. The molecule has 0 aromatic heterocycles. The van der Waals surface area contributed by atoms with Crippen LogP contribution in [-0.2, 0) is 22.8 Å². The van der Waals surface area contributed by atoms with Gasteiger partial charge in [0, 0.05) is 23.4 Å². The molecule has 1 saturated heterocycles. The van der Waals surface area contributed by atoms with Gasteiger partial charge >= 0.3 is 6.16 Å². The average molecular weight is 574 g/mol. The number of para-hydroxylation sites is 1. The normalized spacial score (nSPS) is 17.1. The van der Waals surface area contributed by atoms with Gasteiger partial charge in [0.2, 0.25) is 0 Å². The van der Waals surface area contributed by atoms with Crippen LogP contribution in [0.15, 0.2) is 84.9 Å². The number of fused-ring (bicyclic) bond motifs is 1. The highest BCUT2D eigenvalue weighted by molar-refractivity contribution is 5.89. The molecular formula is C33H35NO8. The summed E-state index contributed by atoms with van der Waals surface area (Å²) in [6.45, 7) is 1.58. The molecule has 0 aliphatic carbocycles. The summed E-state index contributed by atoms with van der Waals surface area (Å²) in [5, 5.41) is 21.7. The van der Waals surface area contributed by atoms with Crippen molar-refractivity contribution in [2.45, 2.75) is 31.7 Å². The van der Waals surface area contributed by atoms with Crippen LogP contribution < -0.4 is 14.2 Å². The zero-order chi connectivity index (χ0) is 29.3. The Morgan fingerprint density at radius 1 is 0.929 bits per heavy atom. The van der Waals surface area contributed by atoms with Gasteiger partial charge in [-0.1, -0.05) is 54.6 Å². The van der Waals surface area contributed by atoms with Gasteiger partial charge < -0.3 is 34.0 Å². The van der Waals surface area contributed by atoms with Crippen LogP contribution in [0.4, 0.5) is 4.79 Å². The summed E-state index contributed by atoms with van der Waals surface area (Å²) >= 11 is 0. The molecule has 42 heavy (non-hydrogen) atoms. The first-order valence-corrected chi connectivity index (χ1v) is 13.9. The maximum Gasteiger partial charge on any atom is 0.525 e. The minimum absolute atomic E-state index is 0.0206. The molecule has 4 aromatic carbocycles. The zero-order valence-corrected chi connectivity index (χ0v) is 23.5. The van der Waals surface area contributed by atoms with Crippen molar-refractivity contribution < 1.29 is 38.8 Å². The van der Waals surface area contributed by atoms with Crippen LogP contribution in [0.25, 0.3) is 10.8 Å². The number of benzene rings is 4. The molecule has 1 aliphatic heterocycles. The molecule has 0 amide bonds. The molecule has 1 fully saturated rings. The van der Waals surface area contributed by atoms with E-state index in [4.69, 9.17) is 28.9 Å². The fourth-order valence-corrected chi connectivity index (χ4v) is 5.32. The van der Waals surface area contributed by atoms with E-state index in [-0.39, 0.29) is 25.2 Å². The summed E-state index contributed by atoms with van der Waals surface area (Å²) in [4.78, 5) is 16.2. The number of hydroxylamine groups is 2. The molecule has 0 saturated carbocycles. The van der Waals surface area contributed by atoms with E-state index in [1.54, 1.807) is 7.11 Å². The Bertz CT molecular complexity index is 1470. The first-order valence-electron chi connectivity index (χ1n) is 13.9. The van der Waals surface area contributed by atoms with E-state index in [0.29, 0.717) is 38.5 Å². The lowest BCUT2D eigenvalue weighted by atomic mass is 9.87. The van der Waals surface area contributed by atoms with Crippen molar-refractivity contribution in [1.82, 2.24) is 5.06 Å². The van der Waals surface area contributed by atoms with Crippen molar-refractivity contribution in [2.24, 2.45) is 0 Å². The number of piperidine rings is 1. The number of methoxy groups -OCH3 is 1. The maximum absolute atomic E-state index is 11.2. The molecule has 0 bridgehead atoms. The van der Waals surface area contributed by atoms with Crippen LogP contribution >= 0.6 is 0 Å². The Kier molecular flexibility index (Phi) is 9.76. The van der Waals surface area contributed by atoms with Crippen LogP contribution in [0.1, 0.15) is 29.0 Å². The Morgan fingerprint density at radius 3 is 2.50 bits per heavy atom. The molecule has 220 valence electrons. The molecule has 4 aromatic rings. The topological polar surface area (TPSA) is 107 Å². The van der Waals surface area contributed by atoms with Crippen molar-refractivity contribution in [3.05, 3.63) is 102 Å². The third-order valence-electron chi connectivity index (χ3n) is 7.32. The molecule has 5 rings (SSSR count). The number of hydrogen-bond acceptors (Lipinski definition) is 8. The zero-order valence-electron chi connectivity index (χ0n) is 23.5. The van der Waals surface area contributed by atoms with E-state index in [0.717, 1.165) is 39.0 Å². The number of aliphatic hydroxyl groups excluding tert-OH is 1. The summed E-state index contributed by atoms with van der Waals surface area (Å²) in [7, 11) is 1.65. The number of nitrogens with zero attached hydrogens (tertiary/aromatic N) is 1. The SMILES string of the molecule is COc1ccccc1COc1cc(COC2CN(OC(=O)O)CCC2c2ccc(OCCO)cc2)cc2ccccc12. The summed E-state index contributed by atoms with van der Waals surface area (Å²) in [5.74, 6) is 2.21. The highest BCUT2D eigenvalue weighted by atomic mass is 16.8. The quantitative estimate of drug-likeness (QED) is 0.218. The van der Waals surface area contributed by atoms with Gasteiger partial charge in [0.1, 0.15) is 30.5 Å². The second kappa shape index (κ2) is 14.0. The third-order valence-corrected chi connectivity index (χ3v) is 7.32. The lowest BCUT2D eigenvalue weighted by molar-refractivity contribution is -0.166. The molecule has 2 N–H and O–H groups in total. The van der Waals surface area contributed by atoms with Crippen LogP contribution in [0, 0.1) is 0 Å². The molecule has 0 radical (unpaired) electrons. The first-order chi connectivity index (χ1) is 20.5. The molecule has 9 nitrogen and oxygen atoms in total. The highest BCUT2D eigenvalue weighted by Gasteiger charge is 2.33. The highest BCUT2D eigenvalue weighted by Crippen LogP contribution is 2.34. The minimum atomic E-state index is -1.34. The number of carbonyl (C=O) groups is 1. The predicted molar refractivity (Wildman–Crippen MR) is 157 cm³/mol. The Hall–Kier alpha value is -4.31. The fourth-order valence-electron chi connectivity index (χ4n) is 5.32. The fraction of sp³-hybridized carbons (Fsp3) is 0.303. The van der Waals surface area contributed by atoms with Gasteiger partial charge in [-0.2, -0.15) is 0 Å².